The van der Waals surface area contributed by atoms with E-state index in [4.69, 9.17) is 4.18 Å². The van der Waals surface area contributed by atoms with Crippen LogP contribution in [0.5, 0.6) is 5.75 Å². The number of carbonyl (C=O) groups is 1. The zero-order chi connectivity index (χ0) is 21.5. The molecule has 0 spiro atoms. The van der Waals surface area contributed by atoms with Gasteiger partial charge in [0.1, 0.15) is 5.75 Å². The molecule has 8 heteroatoms. The molecule has 7 nitrogen and oxygen atoms in total. The third-order valence-electron chi connectivity index (χ3n) is 4.56. The second-order valence-corrected chi connectivity index (χ2v) is 8.82. The largest absolute Gasteiger partial charge is 0.382 e. The minimum atomic E-state index is -3.69. The third-order valence-corrected chi connectivity index (χ3v) is 5.04. The van der Waals surface area contributed by atoms with Crippen molar-refractivity contribution in [2.45, 2.75) is 66.6 Å². The summed E-state index contributed by atoms with van der Waals surface area (Å²) < 4.78 is 28.9. The summed E-state index contributed by atoms with van der Waals surface area (Å²) >= 11 is 0. The first-order valence-corrected chi connectivity index (χ1v) is 11.7. The summed E-state index contributed by atoms with van der Waals surface area (Å²) in [7, 11) is -3.69. The SMILES string of the molecule is CCC(C)N(Cc1ccc(N(CC)CC)cc1OS(C)(=O)=O)C(=O)NC(C)C. The molecular weight excluding hydrogens is 378 g/mol. The average Bonchev–Trinajstić information content (AvgIpc) is 2.59. The summed E-state index contributed by atoms with van der Waals surface area (Å²) in [4.78, 5) is 16.5. The number of benzene rings is 1. The Morgan fingerprint density at radius 2 is 1.75 bits per heavy atom. The lowest BCUT2D eigenvalue weighted by atomic mass is 10.1. The zero-order valence-electron chi connectivity index (χ0n) is 18.2. The molecule has 1 aromatic carbocycles. The molecule has 0 bridgehead atoms. The van der Waals surface area contributed by atoms with Crippen LogP contribution in [0.3, 0.4) is 0 Å². The van der Waals surface area contributed by atoms with Gasteiger partial charge in [-0.3, -0.25) is 0 Å². The number of hydrogen-bond donors (Lipinski definition) is 1. The van der Waals surface area contributed by atoms with Crippen molar-refractivity contribution in [3.8, 4) is 5.75 Å². The van der Waals surface area contributed by atoms with Crippen LogP contribution in [0.1, 0.15) is 53.5 Å². The highest BCUT2D eigenvalue weighted by Crippen LogP contribution is 2.29. The predicted molar refractivity (Wildman–Crippen MR) is 114 cm³/mol. The van der Waals surface area contributed by atoms with Crippen LogP contribution in [-0.2, 0) is 16.7 Å². The highest BCUT2D eigenvalue weighted by atomic mass is 32.2. The number of hydrogen-bond acceptors (Lipinski definition) is 5. The van der Waals surface area contributed by atoms with Crippen molar-refractivity contribution in [2.75, 3.05) is 24.2 Å². The lowest BCUT2D eigenvalue weighted by Gasteiger charge is -2.30. The van der Waals surface area contributed by atoms with Crippen LogP contribution in [-0.4, -0.2) is 50.8 Å². The number of urea groups is 1. The van der Waals surface area contributed by atoms with Gasteiger partial charge in [0, 0.05) is 42.5 Å². The van der Waals surface area contributed by atoms with Gasteiger partial charge in [-0.25, -0.2) is 4.79 Å². The Morgan fingerprint density at radius 3 is 2.21 bits per heavy atom. The predicted octanol–water partition coefficient (Wildman–Crippen LogP) is 3.59. The summed E-state index contributed by atoms with van der Waals surface area (Å²) in [5.74, 6) is 0.262. The van der Waals surface area contributed by atoms with Gasteiger partial charge in [0.25, 0.3) is 0 Å². The fourth-order valence-corrected chi connectivity index (χ4v) is 3.34. The van der Waals surface area contributed by atoms with Crippen molar-refractivity contribution in [1.82, 2.24) is 10.2 Å². The second-order valence-electron chi connectivity index (χ2n) is 7.24. The van der Waals surface area contributed by atoms with E-state index < -0.39 is 10.1 Å². The van der Waals surface area contributed by atoms with E-state index in [9.17, 15) is 13.2 Å². The Kier molecular flexibility index (Phi) is 9.07. The zero-order valence-corrected chi connectivity index (χ0v) is 19.0. The van der Waals surface area contributed by atoms with Gasteiger partial charge < -0.3 is 19.3 Å². The molecule has 28 heavy (non-hydrogen) atoms. The van der Waals surface area contributed by atoms with Gasteiger partial charge in [-0.15, -0.1) is 0 Å². The van der Waals surface area contributed by atoms with Gasteiger partial charge >= 0.3 is 16.1 Å². The highest BCUT2D eigenvalue weighted by molar-refractivity contribution is 7.86. The summed E-state index contributed by atoms with van der Waals surface area (Å²) in [5, 5.41) is 2.91. The number of carbonyl (C=O) groups excluding carboxylic acids is 1. The molecule has 160 valence electrons. The van der Waals surface area contributed by atoms with Crippen LogP contribution in [0.25, 0.3) is 0 Å². The summed E-state index contributed by atoms with van der Waals surface area (Å²) in [6.07, 6.45) is 1.81. The molecule has 1 N–H and O–H groups in total. The number of anilines is 1. The molecule has 1 aromatic rings. The van der Waals surface area contributed by atoms with Gasteiger partial charge in [-0.05, 0) is 47.1 Å². The van der Waals surface area contributed by atoms with E-state index in [0.29, 0.717) is 5.56 Å². The molecule has 0 aromatic heterocycles. The Hall–Kier alpha value is -1.96. The third kappa shape index (κ3) is 7.22. The Labute approximate surface area is 170 Å². The quantitative estimate of drug-likeness (QED) is 0.593. The van der Waals surface area contributed by atoms with Crippen molar-refractivity contribution in [2.24, 2.45) is 0 Å². The maximum Gasteiger partial charge on any atom is 0.318 e. The van der Waals surface area contributed by atoms with E-state index in [1.165, 1.54) is 0 Å². The minimum absolute atomic E-state index is 0.00714. The molecule has 2 amide bonds. The summed E-state index contributed by atoms with van der Waals surface area (Å²) in [6.45, 7) is 13.7. The summed E-state index contributed by atoms with van der Waals surface area (Å²) in [5.41, 5.74) is 1.54. The first-order valence-electron chi connectivity index (χ1n) is 9.86. The monoisotopic (exact) mass is 413 g/mol. The van der Waals surface area contributed by atoms with Crippen molar-refractivity contribution in [1.29, 1.82) is 0 Å². The second kappa shape index (κ2) is 10.5. The van der Waals surface area contributed by atoms with Crippen molar-refractivity contribution >= 4 is 21.8 Å². The van der Waals surface area contributed by atoms with E-state index in [2.05, 4.69) is 10.2 Å². The lowest BCUT2D eigenvalue weighted by Crippen LogP contribution is -2.46. The van der Waals surface area contributed by atoms with E-state index in [1.807, 2.05) is 53.7 Å². The Morgan fingerprint density at radius 1 is 1.14 bits per heavy atom. The highest BCUT2D eigenvalue weighted by Gasteiger charge is 2.23. The van der Waals surface area contributed by atoms with E-state index >= 15 is 0 Å². The minimum Gasteiger partial charge on any atom is -0.382 e. The Bertz CT molecular complexity index is 746. The maximum absolute atomic E-state index is 12.7. The first kappa shape index (κ1) is 24.1. The van der Waals surface area contributed by atoms with Gasteiger partial charge in [0.15, 0.2) is 0 Å². The van der Waals surface area contributed by atoms with Crippen molar-refractivity contribution in [3.63, 3.8) is 0 Å². The van der Waals surface area contributed by atoms with Gasteiger partial charge in [-0.2, -0.15) is 8.42 Å². The fourth-order valence-electron chi connectivity index (χ4n) is 2.86. The topological polar surface area (TPSA) is 79.0 Å². The van der Waals surface area contributed by atoms with E-state index in [0.717, 1.165) is 31.5 Å². The Balaban J connectivity index is 3.32. The van der Waals surface area contributed by atoms with Crippen LogP contribution >= 0.6 is 0 Å². The standard InChI is InChI=1S/C20H35N3O4S/c1-8-16(6)23(20(24)21-15(4)5)14-17-11-12-18(22(9-2)10-3)13-19(17)27-28(7,25)26/h11-13,15-16H,8-10,14H2,1-7H3,(H,21,24). The molecule has 0 fully saturated rings. The van der Waals surface area contributed by atoms with Crippen LogP contribution in [0.2, 0.25) is 0 Å². The number of nitrogens with zero attached hydrogens (tertiary/aromatic N) is 2. The molecule has 1 atom stereocenters. The van der Waals surface area contributed by atoms with E-state index in [-0.39, 0.29) is 30.4 Å². The van der Waals surface area contributed by atoms with Crippen LogP contribution < -0.4 is 14.4 Å². The maximum atomic E-state index is 12.7. The lowest BCUT2D eigenvalue weighted by molar-refractivity contribution is 0.170. The fraction of sp³-hybridized carbons (Fsp3) is 0.650. The molecule has 0 saturated heterocycles. The van der Waals surface area contributed by atoms with E-state index in [1.54, 1.807) is 11.0 Å². The summed E-state index contributed by atoms with van der Waals surface area (Å²) in [6, 6.07) is 5.34. The number of nitrogens with one attached hydrogen (secondary N) is 1. The molecule has 0 heterocycles. The van der Waals surface area contributed by atoms with Crippen molar-refractivity contribution in [3.05, 3.63) is 23.8 Å². The molecule has 0 aliphatic carbocycles. The molecular formula is C20H35N3O4S. The van der Waals surface area contributed by atoms with Crippen LogP contribution in [0.15, 0.2) is 18.2 Å². The molecule has 1 unspecified atom stereocenters. The van der Waals surface area contributed by atoms with Crippen molar-refractivity contribution < 1.29 is 17.4 Å². The molecule has 0 saturated carbocycles. The van der Waals surface area contributed by atoms with Gasteiger partial charge in [-0.1, -0.05) is 13.0 Å². The molecule has 0 radical (unpaired) electrons. The normalized spacial score (nSPS) is 12.6. The average molecular weight is 414 g/mol. The molecule has 0 aliphatic heterocycles. The number of amides is 2. The number of rotatable bonds is 10. The smallest absolute Gasteiger partial charge is 0.318 e. The first-order chi connectivity index (χ1) is 13.0. The van der Waals surface area contributed by atoms with Crippen LogP contribution in [0, 0.1) is 0 Å². The van der Waals surface area contributed by atoms with Gasteiger partial charge in [0.2, 0.25) is 0 Å². The molecule has 0 aliphatic rings. The molecule has 1 rings (SSSR count). The van der Waals surface area contributed by atoms with Crippen LogP contribution in [0.4, 0.5) is 10.5 Å². The van der Waals surface area contributed by atoms with Gasteiger partial charge in [0.05, 0.1) is 12.8 Å².